The summed E-state index contributed by atoms with van der Waals surface area (Å²) in [5, 5.41) is 23.5. The van der Waals surface area contributed by atoms with E-state index in [9.17, 15) is 19.5 Å². The summed E-state index contributed by atoms with van der Waals surface area (Å²) in [4.78, 5) is 37.9. The number of amides is 1. The van der Waals surface area contributed by atoms with Crippen LogP contribution in [0.3, 0.4) is 0 Å². The highest BCUT2D eigenvalue weighted by Crippen LogP contribution is 2.35. The summed E-state index contributed by atoms with van der Waals surface area (Å²) in [5.41, 5.74) is 4.32. The number of carbonyl (C=O) groups is 3. The summed E-state index contributed by atoms with van der Waals surface area (Å²) in [6.07, 6.45) is -0.534. The van der Waals surface area contributed by atoms with Crippen LogP contribution in [0, 0.1) is 13.8 Å². The summed E-state index contributed by atoms with van der Waals surface area (Å²) < 4.78 is 1.33. The molecule has 1 atom stereocenters. The molecule has 3 aromatic rings. The molecule has 0 radical (unpaired) electrons. The zero-order valence-electron chi connectivity index (χ0n) is 21.5. The summed E-state index contributed by atoms with van der Waals surface area (Å²) in [6, 6.07) is 12.5. The largest absolute Gasteiger partial charge is 0.481 e. The highest BCUT2D eigenvalue weighted by atomic mass is 32.2. The standard InChI is InChI=1S/C26H31N5O4S2/c1-16-11-19(26(3,4)5)12-17(2)23(16)37-24-28-29-30-31(24)14-21(32)20(13-22(33)34)27-25(35)36-15-18-9-7-6-8-10-18/h6-12,20H,13-15H2,1-5H3,(H,27,35)(H,33,34). The van der Waals surface area contributed by atoms with Crippen molar-refractivity contribution in [2.45, 2.75) is 74.8 Å². The summed E-state index contributed by atoms with van der Waals surface area (Å²) in [6.45, 7) is 10.3. The maximum atomic E-state index is 13.0. The van der Waals surface area contributed by atoms with E-state index in [0.29, 0.717) is 10.9 Å². The number of carboxylic acids is 1. The lowest BCUT2D eigenvalue weighted by Crippen LogP contribution is -2.42. The van der Waals surface area contributed by atoms with E-state index in [4.69, 9.17) is 0 Å². The Balaban J connectivity index is 1.70. The van der Waals surface area contributed by atoms with E-state index in [0.717, 1.165) is 33.3 Å². The topological polar surface area (TPSA) is 127 Å². The molecular weight excluding hydrogens is 510 g/mol. The second kappa shape index (κ2) is 12.4. The number of carboxylic acid groups (broad SMARTS) is 1. The summed E-state index contributed by atoms with van der Waals surface area (Å²) in [7, 11) is 0. The Labute approximate surface area is 224 Å². The van der Waals surface area contributed by atoms with Crippen molar-refractivity contribution in [1.82, 2.24) is 25.5 Å². The number of Topliss-reactive ketones (excluding diaryl/α,β-unsaturated/α-hetero) is 1. The molecule has 2 aromatic carbocycles. The van der Waals surface area contributed by atoms with E-state index in [1.807, 2.05) is 44.2 Å². The van der Waals surface area contributed by atoms with Gasteiger partial charge in [-0.15, -0.1) is 5.10 Å². The number of thioether (sulfide) groups is 1. The Morgan fingerprint density at radius 1 is 1.08 bits per heavy atom. The number of aliphatic carboxylic acids is 1. The predicted molar refractivity (Wildman–Crippen MR) is 144 cm³/mol. The predicted octanol–water partition coefficient (Wildman–Crippen LogP) is 4.79. The molecule has 1 amide bonds. The molecule has 0 aliphatic carbocycles. The van der Waals surface area contributed by atoms with Gasteiger partial charge in [-0.1, -0.05) is 75.0 Å². The van der Waals surface area contributed by atoms with Crippen LogP contribution < -0.4 is 5.32 Å². The van der Waals surface area contributed by atoms with Crippen molar-refractivity contribution < 1.29 is 19.5 Å². The molecule has 196 valence electrons. The first kappa shape index (κ1) is 28.4. The number of tetrazole rings is 1. The van der Waals surface area contributed by atoms with Crippen molar-refractivity contribution in [1.29, 1.82) is 0 Å². The molecule has 11 heteroatoms. The van der Waals surface area contributed by atoms with Crippen LogP contribution in [0.5, 0.6) is 0 Å². The van der Waals surface area contributed by atoms with E-state index >= 15 is 0 Å². The van der Waals surface area contributed by atoms with E-state index in [-0.39, 0.29) is 12.0 Å². The van der Waals surface area contributed by atoms with Crippen LogP contribution in [0.4, 0.5) is 4.79 Å². The minimum atomic E-state index is -1.20. The lowest BCUT2D eigenvalue weighted by molar-refractivity contribution is -0.139. The Morgan fingerprint density at radius 2 is 1.73 bits per heavy atom. The molecule has 0 saturated carbocycles. The number of aromatic nitrogens is 4. The molecule has 1 aromatic heterocycles. The number of nitrogens with one attached hydrogen (secondary N) is 1. The SMILES string of the molecule is Cc1cc(C(C)(C)C)cc(C)c1Sc1nnnn1CC(=O)C(CC(=O)O)NC(=O)SCc1ccccc1. The normalized spacial score (nSPS) is 12.2. The summed E-state index contributed by atoms with van der Waals surface area (Å²) >= 11 is 2.32. The minimum Gasteiger partial charge on any atom is -0.481 e. The van der Waals surface area contributed by atoms with E-state index in [1.165, 1.54) is 22.0 Å². The molecular formula is C26H31N5O4S2. The number of rotatable bonds is 10. The minimum absolute atomic E-state index is 0.00961. The number of carbonyl (C=O) groups excluding carboxylic acids is 2. The number of nitrogens with zero attached hydrogens (tertiary/aromatic N) is 4. The molecule has 1 heterocycles. The van der Waals surface area contributed by atoms with Crippen molar-refractivity contribution >= 4 is 40.5 Å². The van der Waals surface area contributed by atoms with Crippen molar-refractivity contribution in [2.75, 3.05) is 0 Å². The number of benzene rings is 2. The van der Waals surface area contributed by atoms with Crippen molar-refractivity contribution in [3.8, 4) is 0 Å². The fourth-order valence-corrected chi connectivity index (χ4v) is 5.21. The Bertz CT molecular complexity index is 1250. The second-order valence-corrected chi connectivity index (χ2v) is 11.7. The molecule has 2 N–H and O–H groups in total. The van der Waals surface area contributed by atoms with Gasteiger partial charge in [0.25, 0.3) is 5.24 Å². The molecule has 37 heavy (non-hydrogen) atoms. The molecule has 0 bridgehead atoms. The third-order valence-electron chi connectivity index (χ3n) is 5.60. The van der Waals surface area contributed by atoms with Gasteiger partial charge >= 0.3 is 5.97 Å². The molecule has 3 rings (SSSR count). The van der Waals surface area contributed by atoms with Gasteiger partial charge in [-0.2, -0.15) is 0 Å². The average Bonchev–Trinajstić information content (AvgIpc) is 3.25. The third kappa shape index (κ3) is 8.16. The zero-order valence-corrected chi connectivity index (χ0v) is 23.2. The molecule has 0 aliphatic heterocycles. The average molecular weight is 542 g/mol. The van der Waals surface area contributed by atoms with Gasteiger partial charge in [-0.3, -0.25) is 14.4 Å². The Hall–Kier alpha value is -3.18. The Kier molecular flexibility index (Phi) is 9.50. The van der Waals surface area contributed by atoms with Gasteiger partial charge in [0.1, 0.15) is 12.6 Å². The smallest absolute Gasteiger partial charge is 0.305 e. The maximum Gasteiger partial charge on any atom is 0.305 e. The number of hydrogen-bond acceptors (Lipinski definition) is 8. The molecule has 0 spiro atoms. The third-order valence-corrected chi connectivity index (χ3v) is 7.78. The van der Waals surface area contributed by atoms with Crippen LogP contribution in [-0.2, 0) is 27.3 Å². The Morgan fingerprint density at radius 3 is 2.32 bits per heavy atom. The van der Waals surface area contributed by atoms with Gasteiger partial charge in [0, 0.05) is 10.6 Å². The highest BCUT2D eigenvalue weighted by Gasteiger charge is 2.26. The fourth-order valence-electron chi connectivity index (χ4n) is 3.59. The first-order valence-corrected chi connectivity index (χ1v) is 13.5. The lowest BCUT2D eigenvalue weighted by Gasteiger charge is -2.22. The van der Waals surface area contributed by atoms with Crippen LogP contribution in [0.25, 0.3) is 0 Å². The van der Waals surface area contributed by atoms with Gasteiger partial charge in [0.05, 0.1) is 6.42 Å². The van der Waals surface area contributed by atoms with Gasteiger partial charge in [0.15, 0.2) is 5.78 Å². The van der Waals surface area contributed by atoms with Gasteiger partial charge in [-0.25, -0.2) is 4.68 Å². The van der Waals surface area contributed by atoms with E-state index in [2.05, 4.69) is 53.7 Å². The lowest BCUT2D eigenvalue weighted by atomic mass is 9.85. The van der Waals surface area contributed by atoms with Crippen molar-refractivity contribution in [2.24, 2.45) is 0 Å². The quantitative estimate of drug-likeness (QED) is 0.372. The van der Waals surface area contributed by atoms with Crippen LogP contribution in [0.1, 0.15) is 49.4 Å². The first-order chi connectivity index (χ1) is 17.4. The van der Waals surface area contributed by atoms with Gasteiger partial charge < -0.3 is 10.4 Å². The number of aryl methyl sites for hydroxylation is 2. The second-order valence-electron chi connectivity index (χ2n) is 9.73. The van der Waals surface area contributed by atoms with Crippen LogP contribution in [0.2, 0.25) is 0 Å². The molecule has 0 saturated heterocycles. The molecule has 0 aliphatic rings. The first-order valence-electron chi connectivity index (χ1n) is 11.7. The van der Waals surface area contributed by atoms with E-state index < -0.39 is 29.5 Å². The van der Waals surface area contributed by atoms with Crippen LogP contribution >= 0.6 is 23.5 Å². The van der Waals surface area contributed by atoms with E-state index in [1.54, 1.807) is 0 Å². The number of ketones is 1. The summed E-state index contributed by atoms with van der Waals surface area (Å²) in [5.74, 6) is -1.29. The highest BCUT2D eigenvalue weighted by molar-refractivity contribution is 8.12. The zero-order chi connectivity index (χ0) is 27.2. The fraction of sp³-hybridized carbons (Fsp3) is 0.385. The monoisotopic (exact) mass is 541 g/mol. The van der Waals surface area contributed by atoms with Crippen LogP contribution in [0.15, 0.2) is 52.5 Å². The number of hydrogen-bond donors (Lipinski definition) is 2. The molecule has 0 fully saturated rings. The maximum absolute atomic E-state index is 13.0. The van der Waals surface area contributed by atoms with Gasteiger partial charge in [-0.05, 0) is 63.7 Å². The molecule has 1 unspecified atom stereocenters. The van der Waals surface area contributed by atoms with Gasteiger partial charge in [0.2, 0.25) is 5.16 Å². The molecule has 9 nitrogen and oxygen atoms in total. The van der Waals surface area contributed by atoms with Crippen LogP contribution in [-0.4, -0.2) is 48.3 Å². The van der Waals surface area contributed by atoms with Crippen molar-refractivity contribution in [3.63, 3.8) is 0 Å². The van der Waals surface area contributed by atoms with Crippen molar-refractivity contribution in [3.05, 3.63) is 64.7 Å².